The van der Waals surface area contributed by atoms with E-state index in [0.717, 1.165) is 11.4 Å². The highest BCUT2D eigenvalue weighted by molar-refractivity contribution is 5.88. The van der Waals surface area contributed by atoms with E-state index >= 15 is 0 Å². The summed E-state index contributed by atoms with van der Waals surface area (Å²) in [5, 5.41) is 0. The van der Waals surface area contributed by atoms with Crippen molar-refractivity contribution in [3.05, 3.63) is 47.3 Å². The first-order chi connectivity index (χ1) is 7.36. The molecule has 0 saturated heterocycles. The molecule has 0 saturated carbocycles. The molecule has 2 heterocycles. The normalized spacial score (nSPS) is 17.7. The second-order valence-corrected chi connectivity index (χ2v) is 3.64. The van der Waals surface area contributed by atoms with E-state index in [4.69, 9.17) is 5.73 Å². The Balaban J connectivity index is 2.25. The van der Waals surface area contributed by atoms with E-state index in [0.29, 0.717) is 6.54 Å². The van der Waals surface area contributed by atoms with Crippen LogP contribution < -0.4 is 5.73 Å². The van der Waals surface area contributed by atoms with Crippen molar-refractivity contribution >= 4 is 18.1 Å². The zero-order chi connectivity index (χ0) is 10.3. The van der Waals surface area contributed by atoms with Gasteiger partial charge in [-0.1, -0.05) is 24.3 Å². The average molecular weight is 197 g/mol. The van der Waals surface area contributed by atoms with Crippen molar-refractivity contribution in [3.63, 3.8) is 0 Å². The summed E-state index contributed by atoms with van der Waals surface area (Å²) in [4.78, 5) is 6.16. The van der Waals surface area contributed by atoms with Gasteiger partial charge in [-0.3, -0.25) is 4.99 Å². The van der Waals surface area contributed by atoms with Gasteiger partial charge in [0.1, 0.15) is 0 Å². The molecular weight excluding hydrogens is 186 g/mol. The SMILES string of the molecule is NC1=C2c3ccccc3C=CN2C=NC1. The zero-order valence-electron chi connectivity index (χ0n) is 8.22. The van der Waals surface area contributed by atoms with E-state index in [-0.39, 0.29) is 0 Å². The fraction of sp³-hybridized carbons (Fsp3) is 0.0833. The standard InChI is InChI=1S/C12H11N3/c13-11-7-14-8-15-6-5-9-3-1-2-4-10(9)12(11)15/h1-6,8H,7,13H2. The van der Waals surface area contributed by atoms with Gasteiger partial charge in [0.05, 0.1) is 24.3 Å². The van der Waals surface area contributed by atoms with Crippen LogP contribution in [0.3, 0.4) is 0 Å². The lowest BCUT2D eigenvalue weighted by atomic mass is 9.99. The van der Waals surface area contributed by atoms with Gasteiger partial charge >= 0.3 is 0 Å². The number of nitrogens with zero attached hydrogens (tertiary/aromatic N) is 2. The molecule has 0 atom stereocenters. The molecule has 0 radical (unpaired) electrons. The molecule has 15 heavy (non-hydrogen) atoms. The summed E-state index contributed by atoms with van der Waals surface area (Å²) in [5.74, 6) is 0. The predicted octanol–water partition coefficient (Wildman–Crippen LogP) is 1.64. The molecule has 0 aromatic heterocycles. The molecule has 1 aromatic carbocycles. The minimum absolute atomic E-state index is 0.591. The van der Waals surface area contributed by atoms with E-state index in [1.54, 1.807) is 0 Å². The third-order valence-corrected chi connectivity index (χ3v) is 2.66. The highest BCUT2D eigenvalue weighted by Crippen LogP contribution is 2.30. The van der Waals surface area contributed by atoms with Crippen LogP contribution in [0.5, 0.6) is 0 Å². The van der Waals surface area contributed by atoms with E-state index in [9.17, 15) is 0 Å². The Labute approximate surface area is 88.2 Å². The molecule has 2 aliphatic heterocycles. The quantitative estimate of drug-likeness (QED) is 0.687. The molecule has 0 aliphatic carbocycles. The summed E-state index contributed by atoms with van der Waals surface area (Å²) in [6, 6.07) is 8.25. The van der Waals surface area contributed by atoms with Crippen LogP contribution >= 0.6 is 0 Å². The predicted molar refractivity (Wildman–Crippen MR) is 61.8 cm³/mol. The molecule has 0 fully saturated rings. The summed E-state index contributed by atoms with van der Waals surface area (Å²) < 4.78 is 0. The largest absolute Gasteiger partial charge is 0.399 e. The Hall–Kier alpha value is -2.03. The Morgan fingerprint density at radius 1 is 1.27 bits per heavy atom. The fourth-order valence-electron chi connectivity index (χ4n) is 1.97. The van der Waals surface area contributed by atoms with Gasteiger partial charge in [0.2, 0.25) is 0 Å². The highest BCUT2D eigenvalue weighted by Gasteiger charge is 2.20. The van der Waals surface area contributed by atoms with E-state index in [1.807, 2.05) is 29.6 Å². The maximum absolute atomic E-state index is 5.99. The summed E-state index contributed by atoms with van der Waals surface area (Å²) in [6.07, 6.45) is 5.88. The summed E-state index contributed by atoms with van der Waals surface area (Å²) >= 11 is 0. The fourth-order valence-corrected chi connectivity index (χ4v) is 1.97. The molecule has 2 N–H and O–H groups in total. The maximum Gasteiger partial charge on any atom is 0.0941 e. The first kappa shape index (κ1) is 8.29. The Morgan fingerprint density at radius 3 is 3.07 bits per heavy atom. The van der Waals surface area contributed by atoms with Gasteiger partial charge in [-0.15, -0.1) is 0 Å². The van der Waals surface area contributed by atoms with Gasteiger partial charge in [0.15, 0.2) is 0 Å². The number of fused-ring (bicyclic) bond motifs is 3. The van der Waals surface area contributed by atoms with Crippen molar-refractivity contribution < 1.29 is 0 Å². The number of hydrogen-bond acceptors (Lipinski definition) is 3. The number of hydrogen-bond donors (Lipinski definition) is 1. The van der Waals surface area contributed by atoms with E-state index in [1.165, 1.54) is 11.1 Å². The van der Waals surface area contributed by atoms with Crippen LogP contribution in [-0.4, -0.2) is 17.8 Å². The van der Waals surface area contributed by atoms with Crippen LogP contribution in [0.2, 0.25) is 0 Å². The van der Waals surface area contributed by atoms with Gasteiger partial charge in [-0.05, 0) is 11.6 Å². The zero-order valence-corrected chi connectivity index (χ0v) is 8.22. The molecule has 1 aromatic rings. The van der Waals surface area contributed by atoms with Crippen molar-refractivity contribution in [2.75, 3.05) is 6.54 Å². The Morgan fingerprint density at radius 2 is 2.13 bits per heavy atom. The van der Waals surface area contributed by atoms with Crippen molar-refractivity contribution in [2.24, 2.45) is 10.7 Å². The lowest BCUT2D eigenvalue weighted by molar-refractivity contribution is 0.770. The first-order valence-electron chi connectivity index (χ1n) is 4.91. The van der Waals surface area contributed by atoms with Gasteiger partial charge < -0.3 is 10.6 Å². The second kappa shape index (κ2) is 2.98. The Kier molecular flexibility index (Phi) is 1.65. The molecule has 3 heteroatoms. The molecule has 74 valence electrons. The van der Waals surface area contributed by atoms with Crippen LogP contribution in [0.15, 0.2) is 41.2 Å². The van der Waals surface area contributed by atoms with Crippen molar-refractivity contribution in [3.8, 4) is 0 Å². The van der Waals surface area contributed by atoms with Gasteiger partial charge in [0, 0.05) is 11.8 Å². The number of benzene rings is 1. The molecule has 3 rings (SSSR count). The van der Waals surface area contributed by atoms with E-state index < -0.39 is 0 Å². The molecule has 0 amide bonds. The lowest BCUT2D eigenvalue weighted by Gasteiger charge is -2.28. The number of nitrogens with two attached hydrogens (primary N) is 1. The van der Waals surface area contributed by atoms with Crippen molar-refractivity contribution in [2.45, 2.75) is 0 Å². The maximum atomic E-state index is 5.99. The van der Waals surface area contributed by atoms with Crippen molar-refractivity contribution in [1.82, 2.24) is 4.90 Å². The first-order valence-corrected chi connectivity index (χ1v) is 4.91. The van der Waals surface area contributed by atoms with Crippen LogP contribution in [0.1, 0.15) is 11.1 Å². The highest BCUT2D eigenvalue weighted by atomic mass is 15.2. The minimum Gasteiger partial charge on any atom is -0.399 e. The minimum atomic E-state index is 0.591. The van der Waals surface area contributed by atoms with Crippen LogP contribution in [0.25, 0.3) is 11.8 Å². The molecule has 0 bridgehead atoms. The third kappa shape index (κ3) is 1.16. The molecular formula is C12H11N3. The van der Waals surface area contributed by atoms with Gasteiger partial charge in [-0.2, -0.15) is 0 Å². The number of rotatable bonds is 0. The summed E-state index contributed by atoms with van der Waals surface area (Å²) in [5.41, 5.74) is 10.3. The third-order valence-electron chi connectivity index (χ3n) is 2.66. The smallest absolute Gasteiger partial charge is 0.0941 e. The lowest BCUT2D eigenvalue weighted by Crippen LogP contribution is -2.26. The molecule has 3 nitrogen and oxygen atoms in total. The van der Waals surface area contributed by atoms with Gasteiger partial charge in [0.25, 0.3) is 0 Å². The average Bonchev–Trinajstić information content (AvgIpc) is 2.29. The molecule has 0 unspecified atom stereocenters. The van der Waals surface area contributed by atoms with Crippen LogP contribution in [0.4, 0.5) is 0 Å². The summed E-state index contributed by atoms with van der Waals surface area (Å²) in [6.45, 7) is 0.591. The van der Waals surface area contributed by atoms with E-state index in [2.05, 4.69) is 23.2 Å². The van der Waals surface area contributed by atoms with Gasteiger partial charge in [-0.25, -0.2) is 0 Å². The topological polar surface area (TPSA) is 41.6 Å². The number of aliphatic imine (C=N–C) groups is 1. The molecule has 0 spiro atoms. The molecule has 2 aliphatic rings. The van der Waals surface area contributed by atoms with Crippen LogP contribution in [0, 0.1) is 0 Å². The summed E-state index contributed by atoms with van der Waals surface area (Å²) in [7, 11) is 0. The monoisotopic (exact) mass is 197 g/mol. The van der Waals surface area contributed by atoms with Crippen molar-refractivity contribution in [1.29, 1.82) is 0 Å². The second-order valence-electron chi connectivity index (χ2n) is 3.64. The van der Waals surface area contributed by atoms with Crippen LogP contribution in [-0.2, 0) is 0 Å². The Bertz CT molecular complexity index is 497.